The Labute approximate surface area is 100 Å². The van der Waals surface area contributed by atoms with E-state index in [1.807, 2.05) is 0 Å². The lowest BCUT2D eigenvalue weighted by molar-refractivity contribution is 0.0675. The molecule has 2 rings (SSSR count). The number of aromatic nitrogens is 1. The van der Waals surface area contributed by atoms with E-state index >= 15 is 0 Å². The molecule has 0 fully saturated rings. The van der Waals surface area contributed by atoms with E-state index in [-0.39, 0.29) is 11.1 Å². The van der Waals surface area contributed by atoms with Crippen LogP contribution in [-0.4, -0.2) is 17.2 Å². The Morgan fingerprint density at radius 2 is 2.06 bits per heavy atom. The van der Waals surface area contributed by atoms with Gasteiger partial charge in [0.1, 0.15) is 11.8 Å². The number of halogens is 2. The number of ketones is 1. The number of alkyl halides is 2. The molecule has 0 aliphatic rings. The van der Waals surface area contributed by atoms with Gasteiger partial charge in [-0.3, -0.25) is 9.59 Å². The van der Waals surface area contributed by atoms with Crippen LogP contribution in [0.25, 0.3) is 11.1 Å². The molecule has 2 aromatic heterocycles. The third-order valence-corrected chi connectivity index (χ3v) is 2.54. The monoisotopic (exact) mass is 253 g/mol. The van der Waals surface area contributed by atoms with Crippen LogP contribution >= 0.6 is 0 Å². The first-order chi connectivity index (χ1) is 8.41. The number of nitrogens with zero attached hydrogens (tertiary/aromatic N) is 1. The van der Waals surface area contributed by atoms with Crippen LogP contribution in [0.15, 0.2) is 21.5 Å². The molecule has 0 saturated heterocycles. The molecule has 0 aromatic carbocycles. The molecule has 0 N–H and O–H groups in total. The van der Waals surface area contributed by atoms with Crippen LogP contribution in [0.5, 0.6) is 0 Å². The van der Waals surface area contributed by atoms with E-state index in [1.165, 1.54) is 0 Å². The number of rotatable bonds is 2. The number of fused-ring (bicyclic) bond motifs is 1. The Hall–Kier alpha value is -2.11. The molecule has 4 nitrogen and oxygen atoms in total. The van der Waals surface area contributed by atoms with Crippen molar-refractivity contribution in [1.82, 2.24) is 4.98 Å². The van der Waals surface area contributed by atoms with Gasteiger partial charge in [0.05, 0.1) is 5.39 Å². The average Bonchev–Trinajstić information content (AvgIpc) is 2.27. The van der Waals surface area contributed by atoms with E-state index in [2.05, 4.69) is 4.98 Å². The van der Waals surface area contributed by atoms with Gasteiger partial charge in [0.2, 0.25) is 16.9 Å². The normalized spacial score (nSPS) is 11.2. The minimum atomic E-state index is -3.23. The minimum absolute atomic E-state index is 0.0447. The lowest BCUT2D eigenvalue weighted by atomic mass is 10.1. The van der Waals surface area contributed by atoms with Crippen molar-refractivity contribution < 1.29 is 18.0 Å². The molecule has 2 heterocycles. The molecule has 2 aromatic rings. The van der Waals surface area contributed by atoms with Crippen LogP contribution in [-0.2, 0) is 0 Å². The first-order valence-electron chi connectivity index (χ1n) is 5.14. The quantitative estimate of drug-likeness (QED) is 0.770. The molecule has 6 heteroatoms. The highest BCUT2D eigenvalue weighted by Gasteiger charge is 2.23. The van der Waals surface area contributed by atoms with Crippen molar-refractivity contribution >= 4 is 16.9 Å². The molecule has 0 aliphatic heterocycles. The average molecular weight is 253 g/mol. The van der Waals surface area contributed by atoms with Crippen molar-refractivity contribution in [2.45, 2.75) is 20.3 Å². The fourth-order valence-electron chi connectivity index (χ4n) is 1.75. The summed E-state index contributed by atoms with van der Waals surface area (Å²) in [4.78, 5) is 27.1. The van der Waals surface area contributed by atoms with Gasteiger partial charge in [-0.05, 0) is 25.5 Å². The summed E-state index contributed by atoms with van der Waals surface area (Å²) in [6.07, 6.45) is -2.49. The number of carbonyl (C=O) groups excluding carboxylic acids is 1. The standard InChI is InChI=1S/C12H9F2NO3/c1-5-3-6(2)15-12-8(5)9(16)7(4-18-12)10(17)11(13)14/h3-4,11H,1-2H3. The third kappa shape index (κ3) is 1.90. The zero-order valence-corrected chi connectivity index (χ0v) is 9.66. The van der Waals surface area contributed by atoms with Gasteiger partial charge in [0, 0.05) is 5.69 Å². The summed E-state index contributed by atoms with van der Waals surface area (Å²) in [5, 5.41) is 0.0621. The van der Waals surface area contributed by atoms with Crippen molar-refractivity contribution in [2.24, 2.45) is 0 Å². The molecule has 0 spiro atoms. The van der Waals surface area contributed by atoms with Gasteiger partial charge in [-0.15, -0.1) is 0 Å². The third-order valence-electron chi connectivity index (χ3n) is 2.54. The van der Waals surface area contributed by atoms with Crippen molar-refractivity contribution in [3.63, 3.8) is 0 Å². The second-order valence-corrected chi connectivity index (χ2v) is 3.90. The van der Waals surface area contributed by atoms with Crippen LogP contribution < -0.4 is 5.43 Å². The van der Waals surface area contributed by atoms with Gasteiger partial charge in [-0.1, -0.05) is 0 Å². The van der Waals surface area contributed by atoms with E-state index < -0.39 is 23.2 Å². The first-order valence-corrected chi connectivity index (χ1v) is 5.14. The SMILES string of the molecule is Cc1cc(C)c2c(=O)c(C(=O)C(F)F)coc2n1. The fraction of sp³-hybridized carbons (Fsp3) is 0.250. The largest absolute Gasteiger partial charge is 0.445 e. The summed E-state index contributed by atoms with van der Waals surface area (Å²) < 4.78 is 29.6. The van der Waals surface area contributed by atoms with E-state index in [0.717, 1.165) is 6.26 Å². The van der Waals surface area contributed by atoms with Gasteiger partial charge < -0.3 is 4.42 Å². The van der Waals surface area contributed by atoms with E-state index in [4.69, 9.17) is 4.42 Å². The fourth-order valence-corrected chi connectivity index (χ4v) is 1.75. The van der Waals surface area contributed by atoms with Crippen molar-refractivity contribution in [1.29, 1.82) is 0 Å². The topological polar surface area (TPSA) is 60.2 Å². The van der Waals surface area contributed by atoms with Crippen LogP contribution in [0.3, 0.4) is 0 Å². The molecule has 94 valence electrons. The highest BCUT2D eigenvalue weighted by atomic mass is 19.3. The van der Waals surface area contributed by atoms with Gasteiger partial charge in [0.25, 0.3) is 0 Å². The Morgan fingerprint density at radius 3 is 2.67 bits per heavy atom. The molecule has 0 bridgehead atoms. The lowest BCUT2D eigenvalue weighted by Gasteiger charge is -2.04. The molecule has 0 radical (unpaired) electrons. The Morgan fingerprint density at radius 1 is 1.39 bits per heavy atom. The van der Waals surface area contributed by atoms with E-state index in [0.29, 0.717) is 11.3 Å². The van der Waals surface area contributed by atoms with Gasteiger partial charge in [-0.2, -0.15) is 0 Å². The Balaban J connectivity index is 2.80. The highest BCUT2D eigenvalue weighted by molar-refractivity contribution is 6.00. The summed E-state index contributed by atoms with van der Waals surface area (Å²) in [5.74, 6) is -1.54. The van der Waals surface area contributed by atoms with Crippen molar-refractivity contribution in [3.8, 4) is 0 Å². The number of hydrogen-bond acceptors (Lipinski definition) is 4. The predicted molar refractivity (Wildman–Crippen MR) is 60.1 cm³/mol. The van der Waals surface area contributed by atoms with Gasteiger partial charge in [0.15, 0.2) is 0 Å². The number of pyridine rings is 1. The number of carbonyl (C=O) groups is 1. The highest BCUT2D eigenvalue weighted by Crippen LogP contribution is 2.16. The molecular weight excluding hydrogens is 244 g/mol. The minimum Gasteiger partial charge on any atom is -0.445 e. The zero-order chi connectivity index (χ0) is 13.4. The van der Waals surface area contributed by atoms with E-state index in [1.54, 1.807) is 19.9 Å². The summed E-state index contributed by atoms with van der Waals surface area (Å²) in [5.41, 5.74) is -0.202. The number of aryl methyl sites for hydroxylation is 2. The van der Waals surface area contributed by atoms with Crippen LogP contribution in [0.2, 0.25) is 0 Å². The second kappa shape index (κ2) is 4.29. The van der Waals surface area contributed by atoms with Gasteiger partial charge >= 0.3 is 6.43 Å². The second-order valence-electron chi connectivity index (χ2n) is 3.90. The maximum absolute atomic E-state index is 12.3. The number of hydrogen-bond donors (Lipinski definition) is 0. The predicted octanol–water partition coefficient (Wildman–Crippen LogP) is 2.25. The van der Waals surface area contributed by atoms with Crippen molar-refractivity contribution in [2.75, 3.05) is 0 Å². The van der Waals surface area contributed by atoms with Crippen LogP contribution in [0.1, 0.15) is 21.6 Å². The summed E-state index contributed by atoms with van der Waals surface area (Å²) in [6, 6.07) is 1.62. The lowest BCUT2D eigenvalue weighted by Crippen LogP contribution is -2.21. The Kier molecular flexibility index (Phi) is 2.94. The van der Waals surface area contributed by atoms with Crippen molar-refractivity contribution in [3.05, 3.63) is 39.4 Å². The van der Waals surface area contributed by atoms with Crippen LogP contribution in [0.4, 0.5) is 8.78 Å². The first kappa shape index (κ1) is 12.3. The molecule has 18 heavy (non-hydrogen) atoms. The molecule has 0 unspecified atom stereocenters. The number of Topliss-reactive ketones (excluding diaryl/α,β-unsaturated/α-hetero) is 1. The maximum atomic E-state index is 12.3. The molecule has 0 amide bonds. The smallest absolute Gasteiger partial charge is 0.300 e. The van der Waals surface area contributed by atoms with Crippen LogP contribution in [0, 0.1) is 13.8 Å². The molecular formula is C12H9F2NO3. The summed E-state index contributed by atoms with van der Waals surface area (Å²) >= 11 is 0. The van der Waals surface area contributed by atoms with Gasteiger partial charge in [-0.25, -0.2) is 13.8 Å². The van der Waals surface area contributed by atoms with E-state index in [9.17, 15) is 18.4 Å². The zero-order valence-electron chi connectivity index (χ0n) is 9.66. The maximum Gasteiger partial charge on any atom is 0.300 e. The molecule has 0 aliphatic carbocycles. The molecule has 0 saturated carbocycles. The summed E-state index contributed by atoms with van der Waals surface area (Å²) in [7, 11) is 0. The molecule has 0 atom stereocenters. The Bertz CT molecular complexity index is 692. The summed E-state index contributed by atoms with van der Waals surface area (Å²) in [6.45, 7) is 3.34.